The predicted octanol–water partition coefficient (Wildman–Crippen LogP) is 2.36. The van der Waals surface area contributed by atoms with Gasteiger partial charge in [-0.1, -0.05) is 13.3 Å². The summed E-state index contributed by atoms with van der Waals surface area (Å²) in [5.41, 5.74) is 0.578. The predicted molar refractivity (Wildman–Crippen MR) is 99.1 cm³/mol. The van der Waals surface area contributed by atoms with Crippen molar-refractivity contribution in [3.8, 4) is 0 Å². The summed E-state index contributed by atoms with van der Waals surface area (Å²) in [6, 6.07) is 0.819. The van der Waals surface area contributed by atoms with Crippen LogP contribution in [-0.4, -0.2) is 59.2 Å². The number of amides is 1. The first-order valence-corrected chi connectivity index (χ1v) is 10.2. The summed E-state index contributed by atoms with van der Waals surface area (Å²) in [7, 11) is 0. The smallest absolute Gasteiger partial charge is 0.254 e. The average Bonchev–Trinajstić information content (AvgIpc) is 3.46. The molecule has 0 spiro atoms. The molecule has 1 aromatic rings. The Kier molecular flexibility index (Phi) is 5.50. The number of nitrogens with one attached hydrogen (secondary N) is 1. The minimum atomic E-state index is -0.0349. The van der Waals surface area contributed by atoms with E-state index in [0.717, 1.165) is 57.8 Å². The molecule has 3 aliphatic rings. The van der Waals surface area contributed by atoms with Gasteiger partial charge in [-0.05, 0) is 38.0 Å². The van der Waals surface area contributed by atoms with Crippen LogP contribution in [0.5, 0.6) is 0 Å². The minimum absolute atomic E-state index is 0.0349. The van der Waals surface area contributed by atoms with Crippen LogP contribution in [0.15, 0.2) is 12.4 Å². The number of nitrogens with zero attached hydrogens (tertiary/aromatic N) is 3. The van der Waals surface area contributed by atoms with Gasteiger partial charge in [-0.3, -0.25) is 9.69 Å². The fourth-order valence-corrected chi connectivity index (χ4v) is 4.34. The van der Waals surface area contributed by atoms with Crippen molar-refractivity contribution in [1.29, 1.82) is 0 Å². The van der Waals surface area contributed by atoms with Crippen molar-refractivity contribution in [2.75, 3.05) is 26.3 Å². The molecule has 0 bridgehead atoms. The standard InChI is InChI=1S/C20H30N4O2/c1-2-3-15-12-24(17-6-8-26-9-7-17)13-18(15)23-20(25)16-10-21-19(22-11-16)14-4-5-14/h10-11,14-15,17-18H,2-9,12-13H2,1H3,(H,23,25)/t15-,18-/m0/s1. The second kappa shape index (κ2) is 8.01. The van der Waals surface area contributed by atoms with E-state index in [2.05, 4.69) is 27.1 Å². The van der Waals surface area contributed by atoms with Crippen LogP contribution in [0.1, 0.15) is 67.5 Å². The molecule has 1 N–H and O–H groups in total. The summed E-state index contributed by atoms with van der Waals surface area (Å²) < 4.78 is 5.50. The molecule has 142 valence electrons. The summed E-state index contributed by atoms with van der Waals surface area (Å²) in [5, 5.41) is 3.27. The van der Waals surface area contributed by atoms with E-state index in [1.54, 1.807) is 12.4 Å². The van der Waals surface area contributed by atoms with Gasteiger partial charge in [0.1, 0.15) is 5.82 Å². The van der Waals surface area contributed by atoms with Crippen molar-refractivity contribution in [2.24, 2.45) is 5.92 Å². The molecule has 4 rings (SSSR count). The molecular weight excluding hydrogens is 328 g/mol. The van der Waals surface area contributed by atoms with Gasteiger partial charge < -0.3 is 10.1 Å². The lowest BCUT2D eigenvalue weighted by molar-refractivity contribution is 0.0405. The molecule has 0 radical (unpaired) electrons. The molecule has 2 saturated heterocycles. The molecule has 1 aromatic heterocycles. The number of carbonyl (C=O) groups is 1. The second-order valence-corrected chi connectivity index (χ2v) is 8.03. The Morgan fingerprint density at radius 1 is 1.19 bits per heavy atom. The van der Waals surface area contributed by atoms with Crippen molar-refractivity contribution in [3.05, 3.63) is 23.8 Å². The number of hydrogen-bond donors (Lipinski definition) is 1. The zero-order chi connectivity index (χ0) is 17.9. The Morgan fingerprint density at radius 2 is 1.92 bits per heavy atom. The zero-order valence-electron chi connectivity index (χ0n) is 15.7. The van der Waals surface area contributed by atoms with Crippen molar-refractivity contribution in [1.82, 2.24) is 20.2 Å². The lowest BCUT2D eigenvalue weighted by Crippen LogP contribution is -2.42. The minimum Gasteiger partial charge on any atom is -0.381 e. The van der Waals surface area contributed by atoms with Gasteiger partial charge in [0.15, 0.2) is 0 Å². The lowest BCUT2D eigenvalue weighted by atomic mass is 9.98. The molecule has 3 heterocycles. The average molecular weight is 358 g/mol. The highest BCUT2D eigenvalue weighted by molar-refractivity contribution is 5.93. The Hall–Kier alpha value is -1.53. The number of aromatic nitrogens is 2. The third-order valence-corrected chi connectivity index (χ3v) is 6.03. The van der Waals surface area contributed by atoms with Crippen LogP contribution in [0.2, 0.25) is 0 Å². The Morgan fingerprint density at radius 3 is 2.58 bits per heavy atom. The molecule has 1 aliphatic carbocycles. The topological polar surface area (TPSA) is 67.3 Å². The van der Waals surface area contributed by atoms with Crippen LogP contribution < -0.4 is 5.32 Å². The van der Waals surface area contributed by atoms with Crippen LogP contribution in [-0.2, 0) is 4.74 Å². The van der Waals surface area contributed by atoms with Crippen molar-refractivity contribution in [2.45, 2.75) is 63.5 Å². The zero-order valence-corrected chi connectivity index (χ0v) is 15.7. The fraction of sp³-hybridized carbons (Fsp3) is 0.750. The summed E-state index contributed by atoms with van der Waals surface area (Å²) in [6.07, 6.45) is 10.3. The molecule has 3 fully saturated rings. The van der Waals surface area contributed by atoms with E-state index in [0.29, 0.717) is 23.4 Å². The molecule has 1 saturated carbocycles. The van der Waals surface area contributed by atoms with Gasteiger partial charge in [-0.25, -0.2) is 9.97 Å². The van der Waals surface area contributed by atoms with Crippen molar-refractivity contribution < 1.29 is 9.53 Å². The van der Waals surface area contributed by atoms with Crippen LogP contribution >= 0.6 is 0 Å². The number of hydrogen-bond acceptors (Lipinski definition) is 5. The molecule has 0 unspecified atom stereocenters. The largest absolute Gasteiger partial charge is 0.381 e. The molecule has 1 amide bonds. The molecule has 6 nitrogen and oxygen atoms in total. The van der Waals surface area contributed by atoms with Gasteiger partial charge in [-0.15, -0.1) is 0 Å². The van der Waals surface area contributed by atoms with Gasteiger partial charge in [0.25, 0.3) is 5.91 Å². The van der Waals surface area contributed by atoms with Crippen LogP contribution in [0.25, 0.3) is 0 Å². The molecule has 26 heavy (non-hydrogen) atoms. The van der Waals surface area contributed by atoms with Crippen molar-refractivity contribution >= 4 is 5.91 Å². The number of ether oxygens (including phenoxy) is 1. The summed E-state index contributed by atoms with van der Waals surface area (Å²) in [4.78, 5) is 24.0. The van der Waals surface area contributed by atoms with E-state index >= 15 is 0 Å². The molecule has 6 heteroatoms. The first-order chi connectivity index (χ1) is 12.7. The Balaban J connectivity index is 1.38. The van der Waals surface area contributed by atoms with Gasteiger partial charge in [0.2, 0.25) is 0 Å². The second-order valence-electron chi connectivity index (χ2n) is 8.03. The number of likely N-dealkylation sites (tertiary alicyclic amines) is 1. The fourth-order valence-electron chi connectivity index (χ4n) is 4.34. The summed E-state index contributed by atoms with van der Waals surface area (Å²) in [5.74, 6) is 1.90. The molecule has 0 aromatic carbocycles. The molecule has 2 aliphatic heterocycles. The highest BCUT2D eigenvalue weighted by Crippen LogP contribution is 2.37. The normalized spacial score (nSPS) is 27.6. The first kappa shape index (κ1) is 17.9. The van der Waals surface area contributed by atoms with Gasteiger partial charge >= 0.3 is 0 Å². The van der Waals surface area contributed by atoms with E-state index in [1.807, 2.05) is 0 Å². The van der Waals surface area contributed by atoms with Gasteiger partial charge in [-0.2, -0.15) is 0 Å². The Labute approximate surface area is 155 Å². The monoisotopic (exact) mass is 358 g/mol. The lowest BCUT2D eigenvalue weighted by Gasteiger charge is -2.31. The van der Waals surface area contributed by atoms with Crippen LogP contribution in [0, 0.1) is 5.92 Å². The van der Waals surface area contributed by atoms with Gasteiger partial charge in [0, 0.05) is 56.7 Å². The Bertz CT molecular complexity index is 611. The van der Waals surface area contributed by atoms with E-state index < -0.39 is 0 Å². The summed E-state index contributed by atoms with van der Waals surface area (Å²) in [6.45, 7) is 5.98. The quantitative estimate of drug-likeness (QED) is 0.846. The highest BCUT2D eigenvalue weighted by atomic mass is 16.5. The first-order valence-electron chi connectivity index (χ1n) is 10.2. The van der Waals surface area contributed by atoms with Crippen LogP contribution in [0.3, 0.4) is 0 Å². The van der Waals surface area contributed by atoms with E-state index in [1.165, 1.54) is 12.8 Å². The molecular formula is C20H30N4O2. The van der Waals surface area contributed by atoms with E-state index in [4.69, 9.17) is 4.74 Å². The summed E-state index contributed by atoms with van der Waals surface area (Å²) >= 11 is 0. The van der Waals surface area contributed by atoms with Gasteiger partial charge in [0.05, 0.1) is 5.56 Å². The molecule has 2 atom stereocenters. The maximum atomic E-state index is 12.7. The highest BCUT2D eigenvalue weighted by Gasteiger charge is 2.37. The SMILES string of the molecule is CCC[C@H]1CN(C2CCOCC2)C[C@@H]1NC(=O)c1cnc(C2CC2)nc1. The van der Waals surface area contributed by atoms with Crippen molar-refractivity contribution in [3.63, 3.8) is 0 Å². The maximum absolute atomic E-state index is 12.7. The third-order valence-electron chi connectivity index (χ3n) is 6.03. The van der Waals surface area contributed by atoms with E-state index in [-0.39, 0.29) is 11.9 Å². The third kappa shape index (κ3) is 4.07. The number of rotatable bonds is 6. The van der Waals surface area contributed by atoms with Crippen LogP contribution in [0.4, 0.5) is 0 Å². The van der Waals surface area contributed by atoms with E-state index in [9.17, 15) is 4.79 Å². The maximum Gasteiger partial charge on any atom is 0.254 e. The number of carbonyl (C=O) groups excluding carboxylic acids is 1.